The molecule has 5 heteroatoms. The zero-order valence-electron chi connectivity index (χ0n) is 16.8. The number of rotatable bonds is 8. The van der Waals surface area contributed by atoms with Crippen LogP contribution in [0.2, 0.25) is 0 Å². The Bertz CT molecular complexity index is 928. The summed E-state index contributed by atoms with van der Waals surface area (Å²) >= 11 is 0. The molecule has 1 aliphatic rings. The van der Waals surface area contributed by atoms with Gasteiger partial charge in [-0.05, 0) is 29.7 Å². The number of aliphatic imine (C=N–C) groups is 1. The van der Waals surface area contributed by atoms with Gasteiger partial charge < -0.3 is 10.0 Å². The summed E-state index contributed by atoms with van der Waals surface area (Å²) in [6.07, 6.45) is 2.90. The maximum atomic E-state index is 12.4. The van der Waals surface area contributed by atoms with E-state index in [9.17, 15) is 9.59 Å². The van der Waals surface area contributed by atoms with Crippen molar-refractivity contribution in [1.82, 2.24) is 0 Å². The van der Waals surface area contributed by atoms with Gasteiger partial charge in [-0.15, -0.1) is 0 Å². The Morgan fingerprint density at radius 1 is 1.07 bits per heavy atom. The van der Waals surface area contributed by atoms with E-state index in [4.69, 9.17) is 10.1 Å². The largest absolute Gasteiger partial charge is 0.481 e. The quantitative estimate of drug-likeness (QED) is 0.677. The lowest BCUT2D eigenvalue weighted by atomic mass is 9.91. The van der Waals surface area contributed by atoms with Crippen LogP contribution in [0.15, 0.2) is 71.4 Å². The molecular formula is C24H26N2O3. The average molecular weight is 390 g/mol. The molecule has 2 aromatic carbocycles. The smallest absolute Gasteiger partial charge is 0.303 e. The topological polar surface area (TPSA) is 70.0 Å². The number of hydrogen-bond donors (Lipinski definition) is 1. The number of ketones is 1. The summed E-state index contributed by atoms with van der Waals surface area (Å²) < 4.78 is 0. The molecule has 1 atom stereocenters. The third kappa shape index (κ3) is 5.41. The Labute approximate surface area is 171 Å². The van der Waals surface area contributed by atoms with Crippen LogP contribution in [0.4, 0.5) is 5.69 Å². The Morgan fingerprint density at radius 2 is 1.76 bits per heavy atom. The minimum atomic E-state index is -0.880. The van der Waals surface area contributed by atoms with Crippen LogP contribution in [0.1, 0.15) is 42.7 Å². The van der Waals surface area contributed by atoms with Crippen LogP contribution in [-0.2, 0) is 9.59 Å². The fraction of sp³-hybridized carbons (Fsp3) is 0.292. The van der Waals surface area contributed by atoms with Gasteiger partial charge in [0, 0.05) is 56.8 Å². The van der Waals surface area contributed by atoms with Crippen LogP contribution >= 0.6 is 0 Å². The summed E-state index contributed by atoms with van der Waals surface area (Å²) in [4.78, 5) is 29.9. The fourth-order valence-electron chi connectivity index (χ4n) is 3.47. The van der Waals surface area contributed by atoms with Crippen molar-refractivity contribution in [3.63, 3.8) is 0 Å². The number of carboxylic acids is 1. The Morgan fingerprint density at radius 3 is 2.38 bits per heavy atom. The van der Waals surface area contributed by atoms with Crippen LogP contribution in [-0.4, -0.2) is 36.7 Å². The van der Waals surface area contributed by atoms with Crippen molar-refractivity contribution >= 4 is 23.2 Å². The molecule has 150 valence electrons. The first kappa shape index (κ1) is 20.5. The Balaban J connectivity index is 1.86. The van der Waals surface area contributed by atoms with Crippen LogP contribution in [0.3, 0.4) is 0 Å². The second-order valence-corrected chi connectivity index (χ2v) is 7.45. The number of benzene rings is 2. The molecule has 0 fully saturated rings. The third-order valence-electron chi connectivity index (χ3n) is 5.06. The van der Waals surface area contributed by atoms with Crippen LogP contribution in [0, 0.1) is 0 Å². The molecule has 5 nitrogen and oxygen atoms in total. The third-order valence-corrected chi connectivity index (χ3v) is 5.06. The minimum absolute atomic E-state index is 0.00285. The normalized spacial score (nSPS) is 17.2. The molecular weight excluding hydrogens is 364 g/mol. The molecule has 1 N–H and O–H groups in total. The second-order valence-electron chi connectivity index (χ2n) is 7.45. The average Bonchev–Trinajstić information content (AvgIpc) is 3.12. The standard InChI is InChI=1S/C24H26N2O3/c1-26(2)19-13-11-17(12-14-19)21-16-22(18-7-4-3-5-8-18)25-23(21)15-20(27)9-6-10-24(28)29/h3-5,7-8,11-15,21H,6,9-10,16H2,1-2H3,(H,28,29)/b23-15-. The molecule has 1 heterocycles. The molecule has 1 aliphatic heterocycles. The first-order valence-corrected chi connectivity index (χ1v) is 9.80. The molecule has 0 bridgehead atoms. The second kappa shape index (κ2) is 9.32. The number of nitrogens with zero attached hydrogens (tertiary/aromatic N) is 2. The molecule has 0 saturated heterocycles. The van der Waals surface area contributed by atoms with E-state index >= 15 is 0 Å². The van der Waals surface area contributed by atoms with Crippen molar-refractivity contribution in [3.8, 4) is 0 Å². The highest BCUT2D eigenvalue weighted by molar-refractivity contribution is 6.04. The highest BCUT2D eigenvalue weighted by Crippen LogP contribution is 2.37. The molecule has 1 unspecified atom stereocenters. The van der Waals surface area contributed by atoms with Crippen molar-refractivity contribution in [1.29, 1.82) is 0 Å². The number of anilines is 1. The monoisotopic (exact) mass is 390 g/mol. The van der Waals surface area contributed by atoms with Crippen LogP contribution < -0.4 is 4.90 Å². The lowest BCUT2D eigenvalue weighted by Gasteiger charge is -2.16. The van der Waals surface area contributed by atoms with Gasteiger partial charge >= 0.3 is 5.97 Å². The first-order chi connectivity index (χ1) is 13.9. The van der Waals surface area contributed by atoms with E-state index in [1.54, 1.807) is 6.08 Å². The molecule has 0 saturated carbocycles. The van der Waals surface area contributed by atoms with Crippen LogP contribution in [0.25, 0.3) is 0 Å². The van der Waals surface area contributed by atoms with Gasteiger partial charge in [-0.3, -0.25) is 14.6 Å². The van der Waals surface area contributed by atoms with Gasteiger partial charge in [0.2, 0.25) is 0 Å². The highest BCUT2D eigenvalue weighted by atomic mass is 16.4. The predicted molar refractivity (Wildman–Crippen MR) is 116 cm³/mol. The number of carbonyl (C=O) groups is 2. The van der Waals surface area contributed by atoms with Crippen molar-refractivity contribution in [2.24, 2.45) is 4.99 Å². The summed E-state index contributed by atoms with van der Waals surface area (Å²) in [6, 6.07) is 18.3. The maximum absolute atomic E-state index is 12.4. The van der Waals surface area contributed by atoms with Gasteiger partial charge in [0.25, 0.3) is 0 Å². The van der Waals surface area contributed by atoms with E-state index < -0.39 is 5.97 Å². The van der Waals surface area contributed by atoms with Crippen molar-refractivity contribution in [2.75, 3.05) is 19.0 Å². The predicted octanol–water partition coefficient (Wildman–Crippen LogP) is 4.44. The maximum Gasteiger partial charge on any atom is 0.303 e. The molecule has 0 amide bonds. The van der Waals surface area contributed by atoms with Gasteiger partial charge in [-0.2, -0.15) is 0 Å². The molecule has 0 spiro atoms. The zero-order chi connectivity index (χ0) is 20.8. The van der Waals surface area contributed by atoms with Gasteiger partial charge in [0.05, 0.1) is 5.70 Å². The van der Waals surface area contributed by atoms with E-state index in [1.165, 1.54) is 0 Å². The summed E-state index contributed by atoms with van der Waals surface area (Å²) in [7, 11) is 4.00. The molecule has 2 aromatic rings. The van der Waals surface area contributed by atoms with Gasteiger partial charge in [0.1, 0.15) is 0 Å². The van der Waals surface area contributed by atoms with Gasteiger partial charge in [-0.25, -0.2) is 0 Å². The van der Waals surface area contributed by atoms with E-state index in [0.717, 1.165) is 34.6 Å². The number of carbonyl (C=O) groups excluding carboxylic acids is 1. The summed E-state index contributed by atoms with van der Waals surface area (Å²) in [5.41, 5.74) is 5.02. The zero-order valence-corrected chi connectivity index (χ0v) is 16.8. The van der Waals surface area contributed by atoms with Crippen molar-refractivity contribution in [2.45, 2.75) is 31.6 Å². The molecule has 0 aliphatic carbocycles. The SMILES string of the molecule is CN(C)c1ccc(C2CC(c3ccccc3)=N/C2=C\C(=O)CCCC(=O)O)cc1. The molecule has 29 heavy (non-hydrogen) atoms. The van der Waals surface area contributed by atoms with E-state index in [1.807, 2.05) is 49.3 Å². The lowest BCUT2D eigenvalue weighted by Crippen LogP contribution is -2.09. The first-order valence-electron chi connectivity index (χ1n) is 9.80. The summed E-state index contributed by atoms with van der Waals surface area (Å²) in [5.74, 6) is -0.936. The lowest BCUT2D eigenvalue weighted by molar-refractivity contribution is -0.137. The van der Waals surface area contributed by atoms with Gasteiger partial charge in [0.15, 0.2) is 5.78 Å². The van der Waals surface area contributed by atoms with Crippen molar-refractivity contribution < 1.29 is 14.7 Å². The van der Waals surface area contributed by atoms with E-state index in [0.29, 0.717) is 6.42 Å². The molecule has 3 rings (SSSR count). The van der Waals surface area contributed by atoms with Crippen molar-refractivity contribution in [3.05, 3.63) is 77.5 Å². The number of hydrogen-bond acceptors (Lipinski definition) is 4. The number of carboxylic acid groups (broad SMARTS) is 1. The highest BCUT2D eigenvalue weighted by Gasteiger charge is 2.27. The van der Waals surface area contributed by atoms with E-state index in [2.05, 4.69) is 24.3 Å². The summed E-state index contributed by atoms with van der Waals surface area (Å²) in [6.45, 7) is 0. The number of allylic oxidation sites excluding steroid dienone is 2. The minimum Gasteiger partial charge on any atom is -0.481 e. The van der Waals surface area contributed by atoms with Gasteiger partial charge in [-0.1, -0.05) is 42.5 Å². The van der Waals surface area contributed by atoms with E-state index in [-0.39, 0.29) is 24.5 Å². The number of aliphatic carboxylic acids is 1. The fourth-order valence-corrected chi connectivity index (χ4v) is 3.47. The molecule has 0 radical (unpaired) electrons. The summed E-state index contributed by atoms with van der Waals surface area (Å²) in [5, 5.41) is 8.77. The molecule has 0 aromatic heterocycles. The Kier molecular flexibility index (Phi) is 6.60. The van der Waals surface area contributed by atoms with Crippen LogP contribution in [0.5, 0.6) is 0 Å². The Hall–Kier alpha value is -3.21.